The zero-order valence-electron chi connectivity index (χ0n) is 9.30. The summed E-state index contributed by atoms with van der Waals surface area (Å²) < 4.78 is 9.84. The lowest BCUT2D eigenvalue weighted by Gasteiger charge is -2.32. The van der Waals surface area contributed by atoms with Crippen LogP contribution in [0.15, 0.2) is 0 Å². The molecule has 102 valence electrons. The summed E-state index contributed by atoms with van der Waals surface area (Å²) >= 11 is 0. The highest BCUT2D eigenvalue weighted by atomic mass is 16.8. The topological polar surface area (TPSA) is 140 Å². The van der Waals surface area contributed by atoms with Crippen LogP contribution in [0.3, 0.4) is 0 Å². The average molecular weight is 254 g/mol. The van der Waals surface area contributed by atoms with Gasteiger partial charge in [0.1, 0.15) is 31.0 Å². The molecule has 0 aliphatic carbocycles. The van der Waals surface area contributed by atoms with Crippen LogP contribution < -0.4 is 0 Å². The van der Waals surface area contributed by atoms with E-state index in [4.69, 9.17) is 24.8 Å². The molecule has 3 unspecified atom stereocenters. The molecule has 17 heavy (non-hydrogen) atoms. The molecule has 8 heteroatoms. The van der Waals surface area contributed by atoms with Crippen LogP contribution >= 0.6 is 0 Å². The minimum atomic E-state index is -2.07. The second-order valence-corrected chi connectivity index (χ2v) is 3.99. The predicted molar refractivity (Wildman–Crippen MR) is 52.6 cm³/mol. The van der Waals surface area contributed by atoms with Gasteiger partial charge in [-0.1, -0.05) is 0 Å². The van der Waals surface area contributed by atoms with Gasteiger partial charge in [0, 0.05) is 0 Å². The maximum absolute atomic E-state index is 9.68. The van der Waals surface area contributed by atoms with Crippen molar-refractivity contribution in [1.82, 2.24) is 0 Å². The molecule has 0 aromatic rings. The predicted octanol–water partition coefficient (Wildman–Crippen LogP) is -3.50. The summed E-state index contributed by atoms with van der Waals surface area (Å²) in [7, 11) is 0. The van der Waals surface area contributed by atoms with Gasteiger partial charge in [-0.05, 0) is 6.92 Å². The first-order valence-electron chi connectivity index (χ1n) is 5.17. The van der Waals surface area contributed by atoms with Crippen LogP contribution in [0, 0.1) is 0 Å². The Kier molecular flexibility index (Phi) is 4.81. The molecule has 1 heterocycles. The molecule has 0 spiro atoms. The standard InChI is InChI=1S/C9H18O8/c1-4(12)8(15)17-9(3-11)7(14)6(13)5(2-10)16-9/h4-8,10-15H,2-3H2,1H3/t4?,5-,6-,7+,8?,9?/m1/s1. The van der Waals surface area contributed by atoms with Gasteiger partial charge in [-0.15, -0.1) is 0 Å². The zero-order valence-corrected chi connectivity index (χ0v) is 9.30. The van der Waals surface area contributed by atoms with Crippen LogP contribution in [0.5, 0.6) is 0 Å². The maximum Gasteiger partial charge on any atom is 0.224 e. The molecule has 6 N–H and O–H groups in total. The highest BCUT2D eigenvalue weighted by molar-refractivity contribution is 4.96. The number of aliphatic hydroxyl groups excluding tert-OH is 6. The Hall–Kier alpha value is -0.320. The fraction of sp³-hybridized carbons (Fsp3) is 1.00. The van der Waals surface area contributed by atoms with Gasteiger partial charge in [-0.3, -0.25) is 0 Å². The largest absolute Gasteiger partial charge is 0.394 e. The fourth-order valence-corrected chi connectivity index (χ4v) is 1.57. The van der Waals surface area contributed by atoms with E-state index in [1.807, 2.05) is 0 Å². The maximum atomic E-state index is 9.68. The van der Waals surface area contributed by atoms with E-state index < -0.39 is 49.7 Å². The van der Waals surface area contributed by atoms with Crippen molar-refractivity contribution in [3.63, 3.8) is 0 Å². The van der Waals surface area contributed by atoms with E-state index in [1.165, 1.54) is 6.92 Å². The Morgan fingerprint density at radius 2 is 1.88 bits per heavy atom. The molecular formula is C9H18O8. The third kappa shape index (κ3) is 2.75. The Morgan fingerprint density at radius 3 is 2.24 bits per heavy atom. The molecule has 8 nitrogen and oxygen atoms in total. The van der Waals surface area contributed by atoms with Crippen LogP contribution in [-0.2, 0) is 9.47 Å². The molecule has 0 bridgehead atoms. The molecule has 0 amide bonds. The molecule has 1 fully saturated rings. The van der Waals surface area contributed by atoms with Crippen LogP contribution in [-0.4, -0.2) is 80.3 Å². The summed E-state index contributed by atoms with van der Waals surface area (Å²) in [6.45, 7) is -0.212. The number of aliphatic hydroxyl groups is 6. The fourth-order valence-electron chi connectivity index (χ4n) is 1.57. The zero-order chi connectivity index (χ0) is 13.2. The minimum Gasteiger partial charge on any atom is -0.394 e. The molecule has 1 aliphatic rings. The molecule has 0 aromatic heterocycles. The molecule has 0 radical (unpaired) electrons. The van der Waals surface area contributed by atoms with Gasteiger partial charge in [0.15, 0.2) is 6.29 Å². The van der Waals surface area contributed by atoms with Crippen LogP contribution in [0.25, 0.3) is 0 Å². The van der Waals surface area contributed by atoms with Crippen molar-refractivity contribution < 1.29 is 40.1 Å². The number of ether oxygens (including phenoxy) is 2. The molecule has 0 aromatic carbocycles. The van der Waals surface area contributed by atoms with Crippen molar-refractivity contribution in [2.24, 2.45) is 0 Å². The lowest BCUT2D eigenvalue weighted by atomic mass is 10.1. The Morgan fingerprint density at radius 1 is 1.29 bits per heavy atom. The summed E-state index contributed by atoms with van der Waals surface area (Å²) in [4.78, 5) is 0. The van der Waals surface area contributed by atoms with E-state index in [0.717, 1.165) is 0 Å². The average Bonchev–Trinajstić information content (AvgIpc) is 2.54. The Bertz CT molecular complexity index is 247. The van der Waals surface area contributed by atoms with E-state index >= 15 is 0 Å². The number of rotatable bonds is 5. The van der Waals surface area contributed by atoms with E-state index in [2.05, 4.69) is 0 Å². The van der Waals surface area contributed by atoms with Crippen LogP contribution in [0.1, 0.15) is 6.92 Å². The Balaban J connectivity index is 2.82. The lowest BCUT2D eigenvalue weighted by Crippen LogP contribution is -2.52. The van der Waals surface area contributed by atoms with E-state index in [1.54, 1.807) is 0 Å². The van der Waals surface area contributed by atoms with Crippen molar-refractivity contribution in [1.29, 1.82) is 0 Å². The monoisotopic (exact) mass is 254 g/mol. The number of hydrogen-bond donors (Lipinski definition) is 6. The molecule has 1 aliphatic heterocycles. The summed E-state index contributed by atoms with van der Waals surface area (Å²) in [6.07, 6.45) is -7.24. The summed E-state index contributed by atoms with van der Waals surface area (Å²) in [5.74, 6) is -2.07. The van der Waals surface area contributed by atoms with E-state index in [9.17, 15) is 15.3 Å². The van der Waals surface area contributed by atoms with Gasteiger partial charge in [0.25, 0.3) is 0 Å². The van der Waals surface area contributed by atoms with Crippen molar-refractivity contribution in [2.75, 3.05) is 13.2 Å². The summed E-state index contributed by atoms with van der Waals surface area (Å²) in [5, 5.41) is 55.6. The number of hydrogen-bond acceptors (Lipinski definition) is 8. The van der Waals surface area contributed by atoms with Gasteiger partial charge in [0.05, 0.1) is 6.61 Å². The molecular weight excluding hydrogens is 236 g/mol. The Labute approximate surface area is 97.6 Å². The lowest BCUT2D eigenvalue weighted by molar-refractivity contribution is -0.339. The first-order chi connectivity index (χ1) is 7.88. The first-order valence-corrected chi connectivity index (χ1v) is 5.17. The highest BCUT2D eigenvalue weighted by Gasteiger charge is 2.56. The van der Waals surface area contributed by atoms with Crippen molar-refractivity contribution in [2.45, 2.75) is 43.4 Å². The third-order valence-corrected chi connectivity index (χ3v) is 2.64. The molecule has 1 rings (SSSR count). The van der Waals surface area contributed by atoms with E-state index in [-0.39, 0.29) is 0 Å². The first kappa shape index (κ1) is 14.7. The highest BCUT2D eigenvalue weighted by Crippen LogP contribution is 2.33. The van der Waals surface area contributed by atoms with Crippen LogP contribution in [0.4, 0.5) is 0 Å². The van der Waals surface area contributed by atoms with Gasteiger partial charge >= 0.3 is 0 Å². The smallest absolute Gasteiger partial charge is 0.224 e. The summed E-state index contributed by atoms with van der Waals surface area (Å²) in [5.41, 5.74) is 0. The molecule has 6 atom stereocenters. The second-order valence-electron chi connectivity index (χ2n) is 3.99. The van der Waals surface area contributed by atoms with Gasteiger partial charge in [-0.2, -0.15) is 0 Å². The van der Waals surface area contributed by atoms with Crippen molar-refractivity contribution >= 4 is 0 Å². The molecule has 1 saturated heterocycles. The normalized spacial score (nSPS) is 41.5. The minimum absolute atomic E-state index is 0.589. The van der Waals surface area contributed by atoms with Gasteiger partial charge in [-0.25, -0.2) is 0 Å². The quantitative estimate of drug-likeness (QED) is 0.278. The van der Waals surface area contributed by atoms with Gasteiger partial charge in [0.2, 0.25) is 5.79 Å². The van der Waals surface area contributed by atoms with Gasteiger partial charge < -0.3 is 40.1 Å². The summed E-state index contributed by atoms with van der Waals surface area (Å²) in [6, 6.07) is 0. The van der Waals surface area contributed by atoms with Crippen LogP contribution in [0.2, 0.25) is 0 Å². The SMILES string of the molecule is CC(O)C(O)OC1(CO)O[C@H](CO)[C@@H](O)[C@@H]1O. The molecule has 0 saturated carbocycles. The van der Waals surface area contributed by atoms with Crippen molar-refractivity contribution in [3.05, 3.63) is 0 Å². The van der Waals surface area contributed by atoms with Crippen molar-refractivity contribution in [3.8, 4) is 0 Å². The third-order valence-electron chi connectivity index (χ3n) is 2.64. The second kappa shape index (κ2) is 5.55. The van der Waals surface area contributed by atoms with E-state index in [0.29, 0.717) is 0 Å².